The molecule has 0 unspecified atom stereocenters. The molecular formula is C62H65BN2O. The molecule has 1 aromatic heterocycles. The Morgan fingerprint density at radius 2 is 1.00 bits per heavy atom. The maximum Gasteiger partial charge on any atom is 0.252 e. The van der Waals surface area contributed by atoms with Gasteiger partial charge in [0, 0.05) is 44.9 Å². The van der Waals surface area contributed by atoms with Gasteiger partial charge in [0.2, 0.25) is 0 Å². The van der Waals surface area contributed by atoms with Crippen molar-refractivity contribution in [1.29, 1.82) is 0 Å². The van der Waals surface area contributed by atoms with Crippen molar-refractivity contribution >= 4 is 79.2 Å². The summed E-state index contributed by atoms with van der Waals surface area (Å²) in [6.07, 6.45) is 2.33. The Bertz CT molecular complexity index is 3250. The van der Waals surface area contributed by atoms with E-state index in [0.29, 0.717) is 0 Å². The van der Waals surface area contributed by atoms with Crippen molar-refractivity contribution in [3.05, 3.63) is 161 Å². The van der Waals surface area contributed by atoms with Crippen molar-refractivity contribution in [2.45, 2.75) is 130 Å². The third-order valence-corrected chi connectivity index (χ3v) is 15.6. The molecule has 3 aliphatic rings. The predicted octanol–water partition coefficient (Wildman–Crippen LogP) is 15.6. The van der Waals surface area contributed by atoms with Gasteiger partial charge in [0.15, 0.2) is 0 Å². The zero-order chi connectivity index (χ0) is 46.5. The molecule has 0 saturated heterocycles. The first-order valence-electron chi connectivity index (χ1n) is 24.3. The summed E-state index contributed by atoms with van der Waals surface area (Å²) >= 11 is 0. The van der Waals surface area contributed by atoms with Crippen LogP contribution in [-0.2, 0) is 27.1 Å². The molecule has 3 nitrogen and oxygen atoms in total. The molecular weight excluding hydrogens is 800 g/mol. The summed E-state index contributed by atoms with van der Waals surface area (Å²) < 4.78 is 6.36. The predicted molar refractivity (Wildman–Crippen MR) is 285 cm³/mol. The average molecular weight is 865 g/mol. The third-order valence-electron chi connectivity index (χ3n) is 15.6. The quantitative estimate of drug-likeness (QED) is 0.165. The molecule has 7 aromatic carbocycles. The van der Waals surface area contributed by atoms with E-state index in [4.69, 9.17) is 4.42 Å². The van der Waals surface area contributed by atoms with Gasteiger partial charge in [-0.1, -0.05) is 163 Å². The number of furan rings is 1. The van der Waals surface area contributed by atoms with Crippen molar-refractivity contribution in [3.63, 3.8) is 0 Å². The molecule has 0 spiro atoms. The van der Waals surface area contributed by atoms with Gasteiger partial charge < -0.3 is 14.2 Å². The standard InChI is InChI=1S/C62H65BN2O/c1-58(2,3)39-23-28-43(29-24-39)64-50-30-25-40(59(4,5)6)33-48(50)63-49-36-46-47(62(12,13)32-31-61(46,10)11)37-51(49)65(53-35-41(60(7,8)9)34-52(64)57(53)63)42-26-21-38(22-27-42)44-18-16-20-55-56(44)45-17-14-15-19-54(45)66-55/h14-30,33-37H,31-32H2,1-13H3. The number of hydrogen-bond acceptors (Lipinski definition) is 3. The lowest BCUT2D eigenvalue weighted by Crippen LogP contribution is -2.62. The van der Waals surface area contributed by atoms with Crippen LogP contribution in [0.3, 0.4) is 0 Å². The van der Waals surface area contributed by atoms with E-state index in [1.54, 1.807) is 0 Å². The largest absolute Gasteiger partial charge is 0.456 e. The Hall–Kier alpha value is -6.00. The maximum atomic E-state index is 6.36. The van der Waals surface area contributed by atoms with Crippen molar-refractivity contribution in [1.82, 2.24) is 0 Å². The number of hydrogen-bond donors (Lipinski definition) is 0. The highest BCUT2D eigenvalue weighted by Gasteiger charge is 2.47. The van der Waals surface area contributed by atoms with Crippen LogP contribution in [0.2, 0.25) is 0 Å². The Morgan fingerprint density at radius 3 is 1.62 bits per heavy atom. The smallest absolute Gasteiger partial charge is 0.252 e. The van der Waals surface area contributed by atoms with Crippen molar-refractivity contribution < 1.29 is 4.42 Å². The second-order valence-electron chi connectivity index (χ2n) is 24.2. The fourth-order valence-corrected chi connectivity index (χ4v) is 11.4. The topological polar surface area (TPSA) is 19.6 Å². The van der Waals surface area contributed by atoms with Crippen molar-refractivity contribution in [2.24, 2.45) is 0 Å². The minimum atomic E-state index is -0.108. The minimum absolute atomic E-state index is 0.0202. The molecule has 0 radical (unpaired) electrons. The summed E-state index contributed by atoms with van der Waals surface area (Å²) in [5.41, 5.74) is 22.8. The van der Waals surface area contributed by atoms with E-state index >= 15 is 0 Å². The Balaban J connectivity index is 1.21. The van der Waals surface area contributed by atoms with E-state index in [2.05, 4.69) is 233 Å². The van der Waals surface area contributed by atoms with Crippen LogP contribution in [0.25, 0.3) is 33.1 Å². The van der Waals surface area contributed by atoms with Gasteiger partial charge in [-0.2, -0.15) is 0 Å². The van der Waals surface area contributed by atoms with Crippen molar-refractivity contribution in [3.8, 4) is 11.1 Å². The zero-order valence-electron chi connectivity index (χ0n) is 41.5. The van der Waals surface area contributed by atoms with Crippen LogP contribution in [0.4, 0.5) is 34.1 Å². The van der Waals surface area contributed by atoms with Crippen LogP contribution >= 0.6 is 0 Å². The van der Waals surface area contributed by atoms with E-state index in [1.165, 1.54) is 101 Å². The summed E-state index contributed by atoms with van der Waals surface area (Å²) in [4.78, 5) is 5.22. The van der Waals surface area contributed by atoms with Gasteiger partial charge in [-0.3, -0.25) is 0 Å². The zero-order valence-corrected chi connectivity index (χ0v) is 41.5. The molecule has 2 aliphatic heterocycles. The van der Waals surface area contributed by atoms with Crippen LogP contribution < -0.4 is 26.2 Å². The number of nitrogens with zero attached hydrogens (tertiary/aromatic N) is 2. The monoisotopic (exact) mass is 865 g/mol. The highest BCUT2D eigenvalue weighted by atomic mass is 16.3. The third kappa shape index (κ3) is 6.60. The van der Waals surface area contributed by atoms with Crippen LogP contribution in [0.15, 0.2) is 138 Å². The van der Waals surface area contributed by atoms with Gasteiger partial charge in [0.25, 0.3) is 6.71 Å². The highest BCUT2D eigenvalue weighted by molar-refractivity contribution is 7.00. The summed E-state index contributed by atoms with van der Waals surface area (Å²) in [5.74, 6) is 0. The lowest BCUT2D eigenvalue weighted by atomic mass is 9.32. The summed E-state index contributed by atoms with van der Waals surface area (Å²) in [6, 6.07) is 51.4. The number of anilines is 6. The van der Waals surface area contributed by atoms with E-state index in [0.717, 1.165) is 23.0 Å². The van der Waals surface area contributed by atoms with E-state index in [-0.39, 0.29) is 33.8 Å². The molecule has 0 amide bonds. The maximum absolute atomic E-state index is 6.36. The molecule has 66 heavy (non-hydrogen) atoms. The van der Waals surface area contributed by atoms with Crippen LogP contribution in [0.5, 0.6) is 0 Å². The molecule has 11 rings (SSSR count). The Labute approximate surface area is 393 Å². The first-order chi connectivity index (χ1) is 31.1. The number of para-hydroxylation sites is 1. The number of rotatable bonds is 3. The SMILES string of the molecule is CC(C)(C)c1ccc(N2c3ccc(C(C)(C)C)cc3B3c4cc5c(cc4N(c4ccc(-c6cccc7oc8ccccc8c67)cc4)c4cc(C(C)(C)C)cc2c43)C(C)(C)CCC5(C)C)cc1. The Morgan fingerprint density at radius 1 is 0.470 bits per heavy atom. The second kappa shape index (κ2) is 14.3. The van der Waals surface area contributed by atoms with Gasteiger partial charge in [-0.25, -0.2) is 0 Å². The van der Waals surface area contributed by atoms with E-state index in [9.17, 15) is 0 Å². The fourth-order valence-electron chi connectivity index (χ4n) is 11.4. The molecule has 1 aliphatic carbocycles. The number of benzene rings is 7. The van der Waals surface area contributed by atoms with Gasteiger partial charge in [-0.05, 0) is 156 Å². The number of fused-ring (bicyclic) bond motifs is 8. The molecule has 332 valence electrons. The molecule has 0 fully saturated rings. The molecule has 3 heterocycles. The summed E-state index contributed by atoms with van der Waals surface area (Å²) in [6.45, 7) is 31.0. The molecule has 0 N–H and O–H groups in total. The van der Waals surface area contributed by atoms with E-state index in [1.807, 2.05) is 0 Å². The second-order valence-corrected chi connectivity index (χ2v) is 24.2. The van der Waals surface area contributed by atoms with Gasteiger partial charge >= 0.3 is 0 Å². The van der Waals surface area contributed by atoms with Crippen LogP contribution in [-0.4, -0.2) is 6.71 Å². The first-order valence-corrected chi connectivity index (χ1v) is 24.3. The first kappa shape index (κ1) is 42.6. The van der Waals surface area contributed by atoms with Crippen molar-refractivity contribution in [2.75, 3.05) is 9.80 Å². The molecule has 0 saturated carbocycles. The van der Waals surface area contributed by atoms with Gasteiger partial charge in [0.05, 0.1) is 0 Å². The van der Waals surface area contributed by atoms with Gasteiger partial charge in [-0.15, -0.1) is 0 Å². The van der Waals surface area contributed by atoms with E-state index < -0.39 is 0 Å². The van der Waals surface area contributed by atoms with Crippen LogP contribution in [0.1, 0.15) is 131 Å². The molecule has 0 bridgehead atoms. The lowest BCUT2D eigenvalue weighted by molar-refractivity contribution is 0.332. The average Bonchev–Trinajstić information content (AvgIpc) is 3.65. The normalized spacial score (nSPS) is 16.3. The minimum Gasteiger partial charge on any atom is -0.456 e. The fraction of sp³-hybridized carbons (Fsp3) is 0.323. The Kier molecular flexibility index (Phi) is 9.21. The van der Waals surface area contributed by atoms with Crippen LogP contribution in [0, 0.1) is 0 Å². The van der Waals surface area contributed by atoms with Gasteiger partial charge in [0.1, 0.15) is 11.2 Å². The molecule has 0 atom stereocenters. The molecule has 4 heteroatoms. The highest BCUT2D eigenvalue weighted by Crippen LogP contribution is 2.51. The lowest BCUT2D eigenvalue weighted by Gasteiger charge is -2.48. The summed E-state index contributed by atoms with van der Waals surface area (Å²) in [7, 11) is 0. The molecule has 8 aromatic rings. The summed E-state index contributed by atoms with van der Waals surface area (Å²) in [5, 5.41) is 2.32.